The fourth-order valence-corrected chi connectivity index (χ4v) is 3.06. The molecule has 0 bridgehead atoms. The van der Waals surface area contributed by atoms with Crippen molar-refractivity contribution in [1.29, 1.82) is 0 Å². The Labute approximate surface area is 161 Å². The fourth-order valence-electron chi connectivity index (χ4n) is 3.06. The maximum absolute atomic E-state index is 13.9. The van der Waals surface area contributed by atoms with Gasteiger partial charge in [0.2, 0.25) is 6.29 Å². The average Bonchev–Trinajstić information content (AvgIpc) is 3.03. The second-order valence-electron chi connectivity index (χ2n) is 7.07. The Bertz CT molecular complexity index is 754. The monoisotopic (exact) mass is 399 g/mol. The number of nitrogens with zero attached hydrogens (tertiary/aromatic N) is 1. The van der Waals surface area contributed by atoms with Gasteiger partial charge in [-0.2, -0.15) is 0 Å². The molecule has 1 heterocycles. The van der Waals surface area contributed by atoms with E-state index in [1.165, 1.54) is 19.1 Å². The highest BCUT2D eigenvalue weighted by Gasteiger charge is 2.41. The van der Waals surface area contributed by atoms with E-state index < -0.39 is 53.8 Å². The Morgan fingerprint density at radius 1 is 1.21 bits per heavy atom. The molecule has 7 nitrogen and oxygen atoms in total. The SMILES string of the molecule is CC(C)C(=O)O[C@@H](C)OC(=O)N1C[C@@H](Cc2cccc(F)c2F)C[C@H]1C(=O)O. The van der Waals surface area contributed by atoms with Gasteiger partial charge in [0.15, 0.2) is 11.6 Å². The van der Waals surface area contributed by atoms with Crippen molar-refractivity contribution >= 4 is 18.0 Å². The first-order valence-corrected chi connectivity index (χ1v) is 8.93. The van der Waals surface area contributed by atoms with E-state index in [0.29, 0.717) is 0 Å². The van der Waals surface area contributed by atoms with E-state index in [4.69, 9.17) is 9.47 Å². The number of carbonyl (C=O) groups is 3. The lowest BCUT2D eigenvalue weighted by atomic mass is 9.96. The minimum atomic E-state index is -1.23. The first-order valence-electron chi connectivity index (χ1n) is 8.93. The third kappa shape index (κ3) is 5.17. The van der Waals surface area contributed by atoms with Crippen LogP contribution in [0, 0.1) is 23.5 Å². The number of carbonyl (C=O) groups excluding carboxylic acids is 2. The van der Waals surface area contributed by atoms with E-state index in [-0.39, 0.29) is 24.9 Å². The van der Waals surface area contributed by atoms with Crippen molar-refractivity contribution in [2.24, 2.45) is 11.8 Å². The van der Waals surface area contributed by atoms with E-state index in [0.717, 1.165) is 11.0 Å². The van der Waals surface area contributed by atoms with Gasteiger partial charge in [-0.3, -0.25) is 9.69 Å². The molecule has 1 N–H and O–H groups in total. The van der Waals surface area contributed by atoms with E-state index >= 15 is 0 Å². The predicted molar refractivity (Wildman–Crippen MR) is 93.2 cm³/mol. The second kappa shape index (κ2) is 8.99. The molecule has 0 aliphatic carbocycles. The number of aliphatic carboxylic acids is 1. The number of esters is 1. The predicted octanol–water partition coefficient (Wildman–Crippen LogP) is 2.96. The van der Waals surface area contributed by atoms with Crippen LogP contribution in [0.4, 0.5) is 13.6 Å². The van der Waals surface area contributed by atoms with Crippen LogP contribution in [0.25, 0.3) is 0 Å². The molecule has 9 heteroatoms. The maximum Gasteiger partial charge on any atom is 0.413 e. The summed E-state index contributed by atoms with van der Waals surface area (Å²) in [5, 5.41) is 9.40. The van der Waals surface area contributed by atoms with Crippen molar-refractivity contribution in [2.45, 2.75) is 45.9 Å². The first-order chi connectivity index (χ1) is 13.1. The van der Waals surface area contributed by atoms with Crippen LogP contribution >= 0.6 is 0 Å². The molecule has 154 valence electrons. The molecule has 1 aromatic rings. The molecule has 3 atom stereocenters. The lowest BCUT2D eigenvalue weighted by Gasteiger charge is -2.23. The largest absolute Gasteiger partial charge is 0.480 e. The van der Waals surface area contributed by atoms with Gasteiger partial charge in [-0.25, -0.2) is 18.4 Å². The highest BCUT2D eigenvalue weighted by Crippen LogP contribution is 2.29. The molecule has 1 aliphatic rings. The number of halogens is 2. The van der Waals surface area contributed by atoms with Gasteiger partial charge in [-0.05, 0) is 30.4 Å². The van der Waals surface area contributed by atoms with E-state index in [1.54, 1.807) is 13.8 Å². The summed E-state index contributed by atoms with van der Waals surface area (Å²) in [6.07, 6.45) is -1.98. The fraction of sp³-hybridized carbons (Fsp3) is 0.526. The number of hydrogen-bond donors (Lipinski definition) is 1. The molecule has 1 amide bonds. The Morgan fingerprint density at radius 3 is 2.50 bits per heavy atom. The summed E-state index contributed by atoms with van der Waals surface area (Å²) < 4.78 is 37.2. The quantitative estimate of drug-likeness (QED) is 0.584. The van der Waals surface area contributed by atoms with Crippen LogP contribution in [-0.4, -0.2) is 46.9 Å². The lowest BCUT2D eigenvalue weighted by Crippen LogP contribution is -2.42. The molecule has 1 aromatic carbocycles. The first kappa shape index (κ1) is 21.6. The van der Waals surface area contributed by atoms with Crippen molar-refractivity contribution < 1.29 is 37.7 Å². The van der Waals surface area contributed by atoms with Gasteiger partial charge in [0.1, 0.15) is 6.04 Å². The van der Waals surface area contributed by atoms with Crippen LogP contribution in [0.5, 0.6) is 0 Å². The molecule has 0 unspecified atom stereocenters. The summed E-state index contributed by atoms with van der Waals surface area (Å²) in [6.45, 7) is 4.59. The third-order valence-electron chi connectivity index (χ3n) is 4.47. The summed E-state index contributed by atoms with van der Waals surface area (Å²) in [5.74, 6) is -4.56. The summed E-state index contributed by atoms with van der Waals surface area (Å²) in [7, 11) is 0. The van der Waals surface area contributed by atoms with Crippen LogP contribution in [-0.2, 0) is 25.5 Å². The Balaban J connectivity index is 2.04. The van der Waals surface area contributed by atoms with Crippen molar-refractivity contribution in [3.63, 3.8) is 0 Å². The van der Waals surface area contributed by atoms with Crippen LogP contribution in [0.3, 0.4) is 0 Å². The van der Waals surface area contributed by atoms with Crippen LogP contribution in [0.1, 0.15) is 32.8 Å². The van der Waals surface area contributed by atoms with Crippen LogP contribution < -0.4 is 0 Å². The third-order valence-corrected chi connectivity index (χ3v) is 4.47. The summed E-state index contributed by atoms with van der Waals surface area (Å²) in [6, 6.07) is 2.62. The number of likely N-dealkylation sites (tertiary alicyclic amines) is 1. The van der Waals surface area contributed by atoms with Crippen LogP contribution in [0.2, 0.25) is 0 Å². The van der Waals surface area contributed by atoms with Crippen molar-refractivity contribution in [3.8, 4) is 0 Å². The zero-order valence-corrected chi connectivity index (χ0v) is 15.9. The second-order valence-corrected chi connectivity index (χ2v) is 7.07. The Morgan fingerprint density at radius 2 is 1.89 bits per heavy atom. The van der Waals surface area contributed by atoms with Crippen molar-refractivity contribution in [1.82, 2.24) is 4.90 Å². The molecule has 2 rings (SSSR count). The highest BCUT2D eigenvalue weighted by atomic mass is 19.2. The number of rotatable bonds is 6. The van der Waals surface area contributed by atoms with E-state index in [1.807, 2.05) is 0 Å². The zero-order valence-electron chi connectivity index (χ0n) is 15.9. The van der Waals surface area contributed by atoms with Gasteiger partial charge in [0.05, 0.1) is 5.92 Å². The lowest BCUT2D eigenvalue weighted by molar-refractivity contribution is -0.170. The van der Waals surface area contributed by atoms with Gasteiger partial charge < -0.3 is 14.6 Å². The minimum absolute atomic E-state index is 0.00337. The molecule has 28 heavy (non-hydrogen) atoms. The van der Waals surface area contributed by atoms with Gasteiger partial charge in [-0.15, -0.1) is 0 Å². The highest BCUT2D eigenvalue weighted by molar-refractivity contribution is 5.81. The van der Waals surface area contributed by atoms with Gasteiger partial charge in [0, 0.05) is 13.5 Å². The number of hydrogen-bond acceptors (Lipinski definition) is 5. The van der Waals surface area contributed by atoms with Crippen molar-refractivity contribution in [3.05, 3.63) is 35.4 Å². The van der Waals surface area contributed by atoms with Gasteiger partial charge >= 0.3 is 18.0 Å². The standard InChI is InChI=1S/C19H23F2NO6/c1-10(2)18(25)27-11(3)28-19(26)22-9-12(8-15(22)17(23)24)7-13-5-4-6-14(20)16(13)21/h4-6,10-12,15H,7-9H2,1-3H3,(H,23,24)/t11-,12+,15+/m1/s1. The van der Waals surface area contributed by atoms with E-state index in [2.05, 4.69) is 0 Å². The summed E-state index contributed by atoms with van der Waals surface area (Å²) >= 11 is 0. The molecule has 0 spiro atoms. The Hall–Kier alpha value is -2.71. The number of amides is 1. The topological polar surface area (TPSA) is 93.1 Å². The molecule has 0 radical (unpaired) electrons. The molecule has 1 aliphatic heterocycles. The molecular weight excluding hydrogens is 376 g/mol. The van der Waals surface area contributed by atoms with E-state index in [9.17, 15) is 28.3 Å². The van der Waals surface area contributed by atoms with Gasteiger partial charge in [0.25, 0.3) is 0 Å². The zero-order chi connectivity index (χ0) is 21.0. The number of benzene rings is 1. The summed E-state index contributed by atoms with van der Waals surface area (Å²) in [5.41, 5.74) is 0.114. The normalized spacial score (nSPS) is 20.1. The average molecular weight is 399 g/mol. The Kier molecular flexibility index (Phi) is 6.93. The summed E-state index contributed by atoms with van der Waals surface area (Å²) in [4.78, 5) is 36.4. The minimum Gasteiger partial charge on any atom is -0.480 e. The number of ether oxygens (including phenoxy) is 2. The molecule has 1 fully saturated rings. The smallest absolute Gasteiger partial charge is 0.413 e. The molecular formula is C19H23F2NO6. The molecule has 1 saturated heterocycles. The van der Waals surface area contributed by atoms with Crippen LogP contribution in [0.15, 0.2) is 18.2 Å². The molecule has 0 aromatic heterocycles. The number of carboxylic acids is 1. The maximum atomic E-state index is 13.9. The van der Waals surface area contributed by atoms with Gasteiger partial charge in [-0.1, -0.05) is 26.0 Å². The van der Waals surface area contributed by atoms with Crippen molar-refractivity contribution in [2.75, 3.05) is 6.54 Å². The number of carboxylic acid groups (broad SMARTS) is 1. The molecule has 0 saturated carbocycles.